The summed E-state index contributed by atoms with van der Waals surface area (Å²) in [4.78, 5) is 27.2. The molecule has 10 heteroatoms. The van der Waals surface area contributed by atoms with Crippen LogP contribution in [0.15, 0.2) is 10.5 Å². The Morgan fingerprint density at radius 1 is 1.19 bits per heavy atom. The van der Waals surface area contributed by atoms with E-state index in [1.807, 2.05) is 25.5 Å². The van der Waals surface area contributed by atoms with Crippen molar-refractivity contribution < 1.29 is 14.3 Å². The van der Waals surface area contributed by atoms with Crippen molar-refractivity contribution in [1.29, 1.82) is 0 Å². The summed E-state index contributed by atoms with van der Waals surface area (Å²) >= 11 is 4.41. The van der Waals surface area contributed by atoms with Crippen LogP contribution in [0.1, 0.15) is 45.1 Å². The van der Waals surface area contributed by atoms with Gasteiger partial charge in [-0.1, -0.05) is 18.7 Å². The molecule has 1 amide bonds. The first-order valence-electron chi connectivity index (χ1n) is 9.94. The Labute approximate surface area is 194 Å². The number of aromatic nitrogens is 3. The highest BCUT2D eigenvalue weighted by Crippen LogP contribution is 2.34. The summed E-state index contributed by atoms with van der Waals surface area (Å²) in [7, 11) is 1.91. The zero-order valence-electron chi connectivity index (χ0n) is 18.5. The predicted molar refractivity (Wildman–Crippen MR) is 128 cm³/mol. The number of aryl methyl sites for hydroxylation is 2. The molecule has 3 aromatic rings. The second kappa shape index (κ2) is 9.97. The number of hydrogen-bond donors (Lipinski definition) is 1. The molecule has 166 valence electrons. The molecule has 0 unspecified atom stereocenters. The molecule has 0 aliphatic heterocycles. The number of thioether (sulfide) groups is 1. The third-order valence-electron chi connectivity index (χ3n) is 4.98. The lowest BCUT2D eigenvalue weighted by Gasteiger charge is -2.07. The number of carbonyl (C=O) groups is 2. The molecule has 3 rings (SSSR count). The van der Waals surface area contributed by atoms with Crippen LogP contribution in [0.5, 0.6) is 0 Å². The zero-order valence-corrected chi connectivity index (χ0v) is 20.9. The van der Waals surface area contributed by atoms with E-state index in [0.29, 0.717) is 15.7 Å². The lowest BCUT2D eigenvalue weighted by atomic mass is 10.1. The van der Waals surface area contributed by atoms with E-state index in [9.17, 15) is 9.59 Å². The van der Waals surface area contributed by atoms with Gasteiger partial charge < -0.3 is 14.6 Å². The standard InChI is InChI=1S/C21H26N4O3S3/c1-7-14-13(5)29-9-15(14)18-23-24-21(25(18)6)30-10-16(26)22-19-17(20(27)28-8-2)11(3)12(4)31-19/h9H,7-8,10H2,1-6H3,(H,22,26). The monoisotopic (exact) mass is 478 g/mol. The average Bonchev–Trinajstić information content (AvgIpc) is 3.36. The Morgan fingerprint density at radius 3 is 2.61 bits per heavy atom. The molecule has 0 aliphatic rings. The van der Waals surface area contributed by atoms with Crippen molar-refractivity contribution in [3.8, 4) is 11.4 Å². The summed E-state index contributed by atoms with van der Waals surface area (Å²) < 4.78 is 7.06. The van der Waals surface area contributed by atoms with Gasteiger partial charge in [0.1, 0.15) is 5.00 Å². The molecule has 3 aromatic heterocycles. The van der Waals surface area contributed by atoms with Gasteiger partial charge in [-0.15, -0.1) is 32.9 Å². The Hall–Kier alpha value is -2.17. The molecule has 0 radical (unpaired) electrons. The number of thiophene rings is 2. The van der Waals surface area contributed by atoms with E-state index in [-0.39, 0.29) is 18.3 Å². The van der Waals surface area contributed by atoms with Crippen molar-refractivity contribution in [2.24, 2.45) is 7.05 Å². The van der Waals surface area contributed by atoms with Crippen LogP contribution < -0.4 is 5.32 Å². The van der Waals surface area contributed by atoms with Crippen LogP contribution in [-0.2, 0) is 23.0 Å². The fraction of sp³-hybridized carbons (Fsp3) is 0.429. The largest absolute Gasteiger partial charge is 0.462 e. The zero-order chi connectivity index (χ0) is 22.7. The minimum absolute atomic E-state index is 0.160. The molecule has 0 atom stereocenters. The molecular weight excluding hydrogens is 452 g/mol. The number of hydrogen-bond acceptors (Lipinski definition) is 8. The molecule has 1 N–H and O–H groups in total. The van der Waals surface area contributed by atoms with Crippen LogP contribution >= 0.6 is 34.4 Å². The highest BCUT2D eigenvalue weighted by atomic mass is 32.2. The quantitative estimate of drug-likeness (QED) is 0.362. The topological polar surface area (TPSA) is 86.1 Å². The van der Waals surface area contributed by atoms with Gasteiger partial charge in [0.25, 0.3) is 0 Å². The molecule has 0 fully saturated rings. The van der Waals surface area contributed by atoms with Gasteiger partial charge in [0.2, 0.25) is 5.91 Å². The first-order chi connectivity index (χ1) is 14.8. The molecular formula is C21H26N4O3S3. The van der Waals surface area contributed by atoms with Crippen molar-refractivity contribution >= 4 is 51.3 Å². The van der Waals surface area contributed by atoms with E-state index < -0.39 is 5.97 Å². The molecule has 3 heterocycles. The summed E-state index contributed by atoms with van der Waals surface area (Å²) in [6.45, 7) is 10.1. The van der Waals surface area contributed by atoms with Crippen LogP contribution in [0.25, 0.3) is 11.4 Å². The molecule has 0 saturated carbocycles. The third kappa shape index (κ3) is 4.86. The van der Waals surface area contributed by atoms with Crippen LogP contribution in [0.2, 0.25) is 0 Å². The fourth-order valence-corrected chi connectivity index (χ4v) is 5.95. The maximum absolute atomic E-state index is 12.6. The van der Waals surface area contributed by atoms with E-state index >= 15 is 0 Å². The first kappa shape index (κ1) is 23.5. The Balaban J connectivity index is 1.71. The second-order valence-corrected chi connectivity index (χ2v) is 10.2. The molecule has 0 bridgehead atoms. The number of nitrogens with zero attached hydrogens (tertiary/aromatic N) is 3. The smallest absolute Gasteiger partial charge is 0.341 e. The summed E-state index contributed by atoms with van der Waals surface area (Å²) in [5.74, 6) is 0.344. The van der Waals surface area contributed by atoms with E-state index in [2.05, 4.69) is 34.7 Å². The van der Waals surface area contributed by atoms with Gasteiger partial charge in [-0.25, -0.2) is 4.79 Å². The molecule has 31 heavy (non-hydrogen) atoms. The van der Waals surface area contributed by atoms with Gasteiger partial charge in [-0.2, -0.15) is 0 Å². The van der Waals surface area contributed by atoms with Gasteiger partial charge in [-0.05, 0) is 45.2 Å². The molecule has 0 saturated heterocycles. The number of amides is 1. The maximum Gasteiger partial charge on any atom is 0.341 e. The van der Waals surface area contributed by atoms with Crippen molar-refractivity contribution in [2.45, 2.75) is 46.2 Å². The number of carbonyl (C=O) groups excluding carboxylic acids is 2. The lowest BCUT2D eigenvalue weighted by Crippen LogP contribution is -2.16. The van der Waals surface area contributed by atoms with Crippen LogP contribution in [-0.4, -0.2) is 39.0 Å². The number of rotatable bonds is 8. The maximum atomic E-state index is 12.6. The predicted octanol–water partition coefficient (Wildman–Crippen LogP) is 5.00. The van der Waals surface area contributed by atoms with E-state index in [1.165, 1.54) is 33.5 Å². The molecule has 7 nitrogen and oxygen atoms in total. The van der Waals surface area contributed by atoms with E-state index in [1.54, 1.807) is 18.3 Å². The van der Waals surface area contributed by atoms with Crippen molar-refractivity contribution in [1.82, 2.24) is 14.8 Å². The average molecular weight is 479 g/mol. The minimum Gasteiger partial charge on any atom is -0.462 e. The summed E-state index contributed by atoms with van der Waals surface area (Å²) in [6.07, 6.45) is 0.935. The highest BCUT2D eigenvalue weighted by Gasteiger charge is 2.23. The summed E-state index contributed by atoms with van der Waals surface area (Å²) in [5.41, 5.74) is 3.65. The van der Waals surface area contributed by atoms with Crippen molar-refractivity contribution in [3.05, 3.63) is 31.8 Å². The van der Waals surface area contributed by atoms with E-state index in [4.69, 9.17) is 4.74 Å². The summed E-state index contributed by atoms with van der Waals surface area (Å²) in [6, 6.07) is 0. The number of ether oxygens (including phenoxy) is 1. The summed E-state index contributed by atoms with van der Waals surface area (Å²) in [5, 5.41) is 14.8. The lowest BCUT2D eigenvalue weighted by molar-refractivity contribution is -0.113. The minimum atomic E-state index is -0.414. The molecule has 0 aliphatic carbocycles. The second-order valence-electron chi connectivity index (χ2n) is 6.95. The molecule has 0 aromatic carbocycles. The Bertz CT molecular complexity index is 1110. The van der Waals surface area contributed by atoms with Crippen molar-refractivity contribution in [2.75, 3.05) is 17.7 Å². The van der Waals surface area contributed by atoms with Gasteiger partial charge in [0.15, 0.2) is 11.0 Å². The van der Waals surface area contributed by atoms with E-state index in [0.717, 1.165) is 28.2 Å². The Kier molecular flexibility index (Phi) is 7.55. The number of anilines is 1. The van der Waals surface area contributed by atoms with Gasteiger partial charge in [0, 0.05) is 27.7 Å². The normalized spacial score (nSPS) is 11.0. The third-order valence-corrected chi connectivity index (χ3v) is 8.08. The van der Waals surface area contributed by atoms with Crippen LogP contribution in [0.3, 0.4) is 0 Å². The van der Waals surface area contributed by atoms with Gasteiger partial charge in [0.05, 0.1) is 17.9 Å². The fourth-order valence-electron chi connectivity index (χ4n) is 3.24. The highest BCUT2D eigenvalue weighted by molar-refractivity contribution is 7.99. The first-order valence-corrected chi connectivity index (χ1v) is 12.6. The van der Waals surface area contributed by atoms with Gasteiger partial charge >= 0.3 is 5.97 Å². The molecule has 0 spiro atoms. The van der Waals surface area contributed by atoms with Gasteiger partial charge in [-0.3, -0.25) is 4.79 Å². The SMILES string of the molecule is CCOC(=O)c1c(NC(=O)CSc2nnc(-c3csc(C)c3CC)n2C)sc(C)c1C. The van der Waals surface area contributed by atoms with Crippen molar-refractivity contribution in [3.63, 3.8) is 0 Å². The van der Waals surface area contributed by atoms with Crippen LogP contribution in [0, 0.1) is 20.8 Å². The van der Waals surface area contributed by atoms with Crippen LogP contribution in [0.4, 0.5) is 5.00 Å². The number of esters is 1. The number of nitrogens with one attached hydrogen (secondary N) is 1. The Morgan fingerprint density at radius 2 is 1.94 bits per heavy atom.